The molecule has 1 aliphatic heterocycles. The molecule has 0 spiro atoms. The molecule has 1 fully saturated rings. The highest BCUT2D eigenvalue weighted by atomic mass is 32.2. The number of carbonyl (C=O) groups is 1. The topological polar surface area (TPSA) is 44.1 Å². The standard InChI is InChI=1S/C13H14N2O2S/c1-8-11-5-9(13(16)17-2)3-4-12(11)15(14-8)10-6-18-7-10/h3-5,10H,6-7H2,1-2H3. The molecule has 0 N–H and O–H groups in total. The number of carbonyl (C=O) groups excluding carboxylic acids is 1. The summed E-state index contributed by atoms with van der Waals surface area (Å²) >= 11 is 1.93. The highest BCUT2D eigenvalue weighted by molar-refractivity contribution is 8.00. The van der Waals surface area contributed by atoms with Gasteiger partial charge in [-0.15, -0.1) is 0 Å². The zero-order chi connectivity index (χ0) is 12.7. The summed E-state index contributed by atoms with van der Waals surface area (Å²) in [5.74, 6) is 1.94. The Balaban J connectivity index is 2.11. The zero-order valence-corrected chi connectivity index (χ0v) is 11.2. The van der Waals surface area contributed by atoms with Gasteiger partial charge in [-0.3, -0.25) is 4.68 Å². The molecule has 0 bridgehead atoms. The van der Waals surface area contributed by atoms with Crippen LogP contribution in [-0.2, 0) is 4.74 Å². The van der Waals surface area contributed by atoms with Crippen LogP contribution in [0.25, 0.3) is 10.9 Å². The fraction of sp³-hybridized carbons (Fsp3) is 0.385. The van der Waals surface area contributed by atoms with Gasteiger partial charge >= 0.3 is 5.97 Å². The number of aromatic nitrogens is 2. The van der Waals surface area contributed by atoms with Crippen LogP contribution in [0.1, 0.15) is 22.1 Å². The molecule has 3 rings (SSSR count). The Morgan fingerprint density at radius 1 is 1.50 bits per heavy atom. The summed E-state index contributed by atoms with van der Waals surface area (Å²) in [7, 11) is 1.40. The maximum absolute atomic E-state index is 11.5. The van der Waals surface area contributed by atoms with Crippen LogP contribution in [0.3, 0.4) is 0 Å². The number of methoxy groups -OCH3 is 1. The van der Waals surface area contributed by atoms with Gasteiger partial charge in [0.1, 0.15) is 0 Å². The number of nitrogens with zero attached hydrogens (tertiary/aromatic N) is 2. The minimum atomic E-state index is -0.303. The molecule has 2 heterocycles. The van der Waals surface area contributed by atoms with E-state index >= 15 is 0 Å². The summed E-state index contributed by atoms with van der Waals surface area (Å²) in [6.45, 7) is 1.98. The highest BCUT2D eigenvalue weighted by Gasteiger charge is 2.23. The number of aryl methyl sites for hydroxylation is 1. The van der Waals surface area contributed by atoms with Gasteiger partial charge < -0.3 is 4.74 Å². The van der Waals surface area contributed by atoms with E-state index in [1.165, 1.54) is 7.11 Å². The van der Waals surface area contributed by atoms with Crippen molar-refractivity contribution in [3.05, 3.63) is 29.5 Å². The summed E-state index contributed by atoms with van der Waals surface area (Å²) in [4.78, 5) is 11.5. The summed E-state index contributed by atoms with van der Waals surface area (Å²) in [6, 6.07) is 6.13. The number of benzene rings is 1. The molecule has 0 atom stereocenters. The van der Waals surface area contributed by atoms with Crippen LogP contribution in [-0.4, -0.2) is 34.4 Å². The molecule has 0 amide bonds. The maximum Gasteiger partial charge on any atom is 0.337 e. The van der Waals surface area contributed by atoms with E-state index in [-0.39, 0.29) is 5.97 Å². The fourth-order valence-corrected chi connectivity index (χ4v) is 2.91. The van der Waals surface area contributed by atoms with Crippen LogP contribution >= 0.6 is 11.8 Å². The molecule has 1 aliphatic rings. The summed E-state index contributed by atoms with van der Waals surface area (Å²) in [5.41, 5.74) is 2.65. The Labute approximate surface area is 109 Å². The van der Waals surface area contributed by atoms with Gasteiger partial charge in [0, 0.05) is 16.9 Å². The van der Waals surface area contributed by atoms with E-state index in [1.807, 2.05) is 30.8 Å². The van der Waals surface area contributed by atoms with Gasteiger partial charge in [0.05, 0.1) is 29.9 Å². The van der Waals surface area contributed by atoms with Crippen molar-refractivity contribution in [2.24, 2.45) is 0 Å². The van der Waals surface area contributed by atoms with E-state index in [0.717, 1.165) is 28.1 Å². The van der Waals surface area contributed by atoms with Gasteiger partial charge in [-0.05, 0) is 25.1 Å². The molecule has 0 unspecified atom stereocenters. The van der Waals surface area contributed by atoms with Gasteiger partial charge in [0.25, 0.3) is 0 Å². The van der Waals surface area contributed by atoms with Crippen molar-refractivity contribution >= 4 is 28.6 Å². The van der Waals surface area contributed by atoms with Crippen molar-refractivity contribution in [3.63, 3.8) is 0 Å². The third kappa shape index (κ3) is 1.70. The summed E-state index contributed by atoms with van der Waals surface area (Å²) in [6.07, 6.45) is 0. The van der Waals surface area contributed by atoms with Gasteiger partial charge in [-0.25, -0.2) is 4.79 Å². The molecule has 94 valence electrons. The molecule has 4 nitrogen and oxygen atoms in total. The predicted molar refractivity (Wildman–Crippen MR) is 72.2 cm³/mol. The number of rotatable bonds is 2. The second-order valence-corrected chi connectivity index (χ2v) is 5.52. The first-order chi connectivity index (χ1) is 8.70. The lowest BCUT2D eigenvalue weighted by Gasteiger charge is -2.25. The lowest BCUT2D eigenvalue weighted by molar-refractivity contribution is 0.0601. The molecule has 0 saturated carbocycles. The van der Waals surface area contributed by atoms with E-state index in [4.69, 9.17) is 4.74 Å². The van der Waals surface area contributed by atoms with E-state index in [2.05, 4.69) is 9.78 Å². The van der Waals surface area contributed by atoms with Crippen molar-refractivity contribution in [2.45, 2.75) is 13.0 Å². The number of hydrogen-bond acceptors (Lipinski definition) is 4. The van der Waals surface area contributed by atoms with E-state index < -0.39 is 0 Å². The fourth-order valence-electron chi connectivity index (χ4n) is 2.18. The largest absolute Gasteiger partial charge is 0.465 e. The van der Waals surface area contributed by atoms with Crippen molar-refractivity contribution in [1.29, 1.82) is 0 Å². The maximum atomic E-state index is 11.5. The van der Waals surface area contributed by atoms with Gasteiger partial charge in [-0.1, -0.05) is 0 Å². The van der Waals surface area contributed by atoms with Gasteiger partial charge in [0.15, 0.2) is 0 Å². The van der Waals surface area contributed by atoms with Crippen molar-refractivity contribution in [3.8, 4) is 0 Å². The first-order valence-corrected chi connectivity index (χ1v) is 7.01. The van der Waals surface area contributed by atoms with Crippen molar-refractivity contribution in [1.82, 2.24) is 9.78 Å². The average molecular weight is 262 g/mol. The highest BCUT2D eigenvalue weighted by Crippen LogP contribution is 2.32. The van der Waals surface area contributed by atoms with Crippen LogP contribution in [0.2, 0.25) is 0 Å². The first-order valence-electron chi connectivity index (χ1n) is 5.85. The monoisotopic (exact) mass is 262 g/mol. The summed E-state index contributed by atoms with van der Waals surface area (Å²) < 4.78 is 6.83. The lowest BCUT2D eigenvalue weighted by Crippen LogP contribution is -2.23. The number of fused-ring (bicyclic) bond motifs is 1. The molecule has 1 aromatic heterocycles. The third-order valence-electron chi connectivity index (χ3n) is 3.28. The minimum Gasteiger partial charge on any atom is -0.465 e. The number of esters is 1. The second kappa shape index (κ2) is 4.31. The minimum absolute atomic E-state index is 0.303. The number of ether oxygens (including phenoxy) is 1. The van der Waals surface area contributed by atoms with E-state index in [9.17, 15) is 4.79 Å². The van der Waals surface area contributed by atoms with Gasteiger partial charge in [-0.2, -0.15) is 16.9 Å². The van der Waals surface area contributed by atoms with Crippen molar-refractivity contribution in [2.75, 3.05) is 18.6 Å². The normalized spacial score (nSPS) is 15.7. The molecule has 18 heavy (non-hydrogen) atoms. The lowest BCUT2D eigenvalue weighted by atomic mass is 10.1. The molecule has 2 aromatic rings. The third-order valence-corrected chi connectivity index (χ3v) is 4.52. The van der Waals surface area contributed by atoms with Gasteiger partial charge in [0.2, 0.25) is 0 Å². The van der Waals surface area contributed by atoms with E-state index in [1.54, 1.807) is 6.07 Å². The molecular formula is C13H14N2O2S. The molecule has 1 saturated heterocycles. The van der Waals surface area contributed by atoms with Crippen LogP contribution in [0.5, 0.6) is 0 Å². The average Bonchev–Trinajstić information content (AvgIpc) is 2.63. The molecule has 5 heteroatoms. The molecule has 0 radical (unpaired) electrons. The molecule has 1 aromatic carbocycles. The van der Waals surface area contributed by atoms with Crippen LogP contribution in [0, 0.1) is 6.92 Å². The smallest absolute Gasteiger partial charge is 0.337 e. The Morgan fingerprint density at radius 3 is 2.89 bits per heavy atom. The zero-order valence-electron chi connectivity index (χ0n) is 10.3. The predicted octanol–water partition coefficient (Wildman–Crippen LogP) is 2.42. The first kappa shape index (κ1) is 11.6. The molecular weight excluding hydrogens is 248 g/mol. The second-order valence-electron chi connectivity index (χ2n) is 4.44. The Kier molecular flexibility index (Phi) is 2.78. The van der Waals surface area contributed by atoms with E-state index in [0.29, 0.717) is 11.6 Å². The van der Waals surface area contributed by atoms with Crippen LogP contribution in [0.15, 0.2) is 18.2 Å². The van der Waals surface area contributed by atoms with Crippen molar-refractivity contribution < 1.29 is 9.53 Å². The quantitative estimate of drug-likeness (QED) is 0.780. The van der Waals surface area contributed by atoms with Crippen LogP contribution in [0.4, 0.5) is 0 Å². The summed E-state index contributed by atoms with van der Waals surface area (Å²) in [5, 5.41) is 5.63. The Hall–Kier alpha value is -1.49. The Morgan fingerprint density at radius 2 is 2.28 bits per heavy atom. The van der Waals surface area contributed by atoms with Crippen LogP contribution < -0.4 is 0 Å². The Bertz CT molecular complexity index is 617. The number of hydrogen-bond donors (Lipinski definition) is 0. The number of thioether (sulfide) groups is 1. The molecule has 0 aliphatic carbocycles. The SMILES string of the molecule is COC(=O)c1ccc2c(c1)c(C)nn2C1CSC1.